The summed E-state index contributed by atoms with van der Waals surface area (Å²) in [6.45, 7) is 7.03. The zero-order chi connectivity index (χ0) is 15.4. The molecule has 0 heterocycles. The van der Waals surface area contributed by atoms with E-state index in [2.05, 4.69) is 44.3 Å². The number of nitro benzene ring substituents is 1. The Morgan fingerprint density at radius 2 is 1.76 bits per heavy atom. The first-order chi connectivity index (χ1) is 9.97. The van der Waals surface area contributed by atoms with Crippen molar-refractivity contribution < 1.29 is 4.92 Å². The molecule has 0 radical (unpaired) electrons. The molecule has 110 valence electrons. The van der Waals surface area contributed by atoms with E-state index in [4.69, 9.17) is 0 Å². The second-order valence-corrected chi connectivity index (χ2v) is 5.37. The second kappa shape index (κ2) is 6.50. The Balaban J connectivity index is 1.98. The van der Waals surface area contributed by atoms with Crippen LogP contribution in [0.5, 0.6) is 0 Å². The number of nitrogens with zero attached hydrogens (tertiary/aromatic N) is 1. The van der Waals surface area contributed by atoms with Crippen LogP contribution in [0, 0.1) is 24.0 Å². The summed E-state index contributed by atoms with van der Waals surface area (Å²) >= 11 is 0. The van der Waals surface area contributed by atoms with E-state index in [0.717, 1.165) is 5.56 Å². The average molecular weight is 284 g/mol. The maximum absolute atomic E-state index is 10.6. The number of hydrogen-bond donors (Lipinski definition) is 1. The highest BCUT2D eigenvalue weighted by molar-refractivity contribution is 5.33. The van der Waals surface area contributed by atoms with E-state index < -0.39 is 0 Å². The van der Waals surface area contributed by atoms with E-state index in [1.54, 1.807) is 12.1 Å². The molecule has 0 saturated heterocycles. The van der Waals surface area contributed by atoms with Crippen molar-refractivity contribution in [2.24, 2.45) is 0 Å². The fraction of sp³-hybridized carbons (Fsp3) is 0.294. The zero-order valence-electron chi connectivity index (χ0n) is 12.6. The predicted molar refractivity (Wildman–Crippen MR) is 84.3 cm³/mol. The van der Waals surface area contributed by atoms with Crippen molar-refractivity contribution in [2.45, 2.75) is 33.4 Å². The lowest BCUT2D eigenvalue weighted by Crippen LogP contribution is -2.18. The molecular formula is C17H20N2O2. The van der Waals surface area contributed by atoms with Gasteiger partial charge in [-0.05, 0) is 43.0 Å². The highest BCUT2D eigenvalue weighted by atomic mass is 16.6. The molecule has 0 aliphatic rings. The fourth-order valence-corrected chi connectivity index (χ4v) is 2.16. The molecule has 1 N–H and O–H groups in total. The summed E-state index contributed by atoms with van der Waals surface area (Å²) < 4.78 is 0. The van der Waals surface area contributed by atoms with E-state index in [9.17, 15) is 10.1 Å². The van der Waals surface area contributed by atoms with Gasteiger partial charge in [-0.15, -0.1) is 0 Å². The van der Waals surface area contributed by atoms with E-state index in [0.29, 0.717) is 6.54 Å². The average Bonchev–Trinajstić information content (AvgIpc) is 2.48. The minimum absolute atomic E-state index is 0.126. The van der Waals surface area contributed by atoms with Crippen LogP contribution in [0.1, 0.15) is 35.2 Å². The van der Waals surface area contributed by atoms with Gasteiger partial charge in [0.05, 0.1) is 4.92 Å². The molecule has 0 spiro atoms. The predicted octanol–water partition coefficient (Wildman–Crippen LogP) is 4.06. The van der Waals surface area contributed by atoms with Gasteiger partial charge in [0, 0.05) is 24.7 Å². The molecule has 2 aromatic carbocycles. The van der Waals surface area contributed by atoms with Crippen LogP contribution in [0.15, 0.2) is 42.5 Å². The van der Waals surface area contributed by atoms with Gasteiger partial charge in [0.15, 0.2) is 0 Å². The van der Waals surface area contributed by atoms with Crippen molar-refractivity contribution in [3.05, 3.63) is 74.8 Å². The van der Waals surface area contributed by atoms with Crippen LogP contribution < -0.4 is 5.32 Å². The van der Waals surface area contributed by atoms with Crippen LogP contribution in [0.4, 0.5) is 5.69 Å². The summed E-state index contributed by atoms with van der Waals surface area (Å²) in [5.74, 6) is 0. The molecule has 0 fully saturated rings. The molecule has 0 aliphatic heterocycles. The Hall–Kier alpha value is -2.20. The van der Waals surface area contributed by atoms with Gasteiger partial charge in [-0.25, -0.2) is 0 Å². The minimum atomic E-state index is -0.380. The molecule has 0 bridgehead atoms. The first kappa shape index (κ1) is 15.2. The maximum atomic E-state index is 10.6. The van der Waals surface area contributed by atoms with E-state index in [1.807, 2.05) is 0 Å². The summed E-state index contributed by atoms with van der Waals surface area (Å²) in [5.41, 5.74) is 5.00. The molecule has 4 nitrogen and oxygen atoms in total. The van der Waals surface area contributed by atoms with Crippen molar-refractivity contribution in [1.29, 1.82) is 0 Å². The van der Waals surface area contributed by atoms with Gasteiger partial charge in [-0.1, -0.05) is 30.3 Å². The molecule has 0 aliphatic carbocycles. The largest absolute Gasteiger partial charge is 0.306 e. The van der Waals surface area contributed by atoms with Crippen LogP contribution in [0.25, 0.3) is 0 Å². The molecule has 0 saturated carbocycles. The molecule has 4 heteroatoms. The van der Waals surface area contributed by atoms with Gasteiger partial charge >= 0.3 is 0 Å². The molecular weight excluding hydrogens is 264 g/mol. The molecule has 0 amide bonds. The molecule has 21 heavy (non-hydrogen) atoms. The Labute approximate surface area is 125 Å². The van der Waals surface area contributed by atoms with Gasteiger partial charge in [-0.2, -0.15) is 0 Å². The number of nitro groups is 1. The Bertz CT molecular complexity index is 636. The number of benzene rings is 2. The SMILES string of the molecule is Cc1ccc(C(C)NCc2ccc([N+](=O)[O-])cc2)cc1C. The van der Waals surface area contributed by atoms with Crippen molar-refractivity contribution >= 4 is 5.69 Å². The van der Waals surface area contributed by atoms with Crippen LogP contribution >= 0.6 is 0 Å². The number of aryl methyl sites for hydroxylation is 2. The number of rotatable bonds is 5. The lowest BCUT2D eigenvalue weighted by Gasteiger charge is -2.15. The molecule has 1 unspecified atom stereocenters. The van der Waals surface area contributed by atoms with E-state index in [-0.39, 0.29) is 16.7 Å². The quantitative estimate of drug-likeness (QED) is 0.665. The highest BCUT2D eigenvalue weighted by Crippen LogP contribution is 2.18. The summed E-state index contributed by atoms with van der Waals surface area (Å²) in [4.78, 5) is 10.2. The summed E-state index contributed by atoms with van der Waals surface area (Å²) in [6, 6.07) is 13.4. The van der Waals surface area contributed by atoms with Gasteiger partial charge in [0.25, 0.3) is 5.69 Å². The first-order valence-electron chi connectivity index (χ1n) is 7.01. The van der Waals surface area contributed by atoms with Crippen molar-refractivity contribution in [3.8, 4) is 0 Å². The lowest BCUT2D eigenvalue weighted by molar-refractivity contribution is -0.384. The van der Waals surface area contributed by atoms with E-state index in [1.165, 1.54) is 28.8 Å². The van der Waals surface area contributed by atoms with Crippen molar-refractivity contribution in [3.63, 3.8) is 0 Å². The number of hydrogen-bond acceptors (Lipinski definition) is 3. The van der Waals surface area contributed by atoms with Gasteiger partial charge in [-0.3, -0.25) is 10.1 Å². The van der Waals surface area contributed by atoms with Crippen molar-refractivity contribution in [2.75, 3.05) is 0 Å². The second-order valence-electron chi connectivity index (χ2n) is 5.37. The lowest BCUT2D eigenvalue weighted by atomic mass is 10.0. The van der Waals surface area contributed by atoms with Gasteiger partial charge < -0.3 is 5.32 Å². The minimum Gasteiger partial charge on any atom is -0.306 e. The molecule has 0 aromatic heterocycles. The number of non-ortho nitro benzene ring substituents is 1. The van der Waals surface area contributed by atoms with Gasteiger partial charge in [0.1, 0.15) is 0 Å². The van der Waals surface area contributed by atoms with Crippen LogP contribution in [0.3, 0.4) is 0 Å². The third-order valence-electron chi connectivity index (χ3n) is 3.79. The zero-order valence-corrected chi connectivity index (χ0v) is 12.6. The summed E-state index contributed by atoms with van der Waals surface area (Å²) in [7, 11) is 0. The monoisotopic (exact) mass is 284 g/mol. The fourth-order valence-electron chi connectivity index (χ4n) is 2.16. The van der Waals surface area contributed by atoms with Crippen molar-refractivity contribution in [1.82, 2.24) is 5.32 Å². The third kappa shape index (κ3) is 3.89. The Morgan fingerprint density at radius 1 is 1.10 bits per heavy atom. The maximum Gasteiger partial charge on any atom is 0.269 e. The normalized spacial score (nSPS) is 12.1. The van der Waals surface area contributed by atoms with E-state index >= 15 is 0 Å². The summed E-state index contributed by atoms with van der Waals surface area (Å²) in [6.07, 6.45) is 0. The standard InChI is InChI=1S/C17H20N2O2/c1-12-4-7-16(10-13(12)2)14(3)18-11-15-5-8-17(9-6-15)19(20)21/h4-10,14,18H,11H2,1-3H3. The van der Waals surface area contributed by atoms with Crippen LogP contribution in [-0.2, 0) is 6.54 Å². The topological polar surface area (TPSA) is 55.2 Å². The van der Waals surface area contributed by atoms with Crippen LogP contribution in [-0.4, -0.2) is 4.92 Å². The Kier molecular flexibility index (Phi) is 4.70. The Morgan fingerprint density at radius 3 is 2.33 bits per heavy atom. The van der Waals surface area contributed by atoms with Crippen LogP contribution in [0.2, 0.25) is 0 Å². The third-order valence-corrected chi connectivity index (χ3v) is 3.79. The smallest absolute Gasteiger partial charge is 0.269 e. The number of nitrogens with one attached hydrogen (secondary N) is 1. The van der Waals surface area contributed by atoms with Gasteiger partial charge in [0.2, 0.25) is 0 Å². The first-order valence-corrected chi connectivity index (χ1v) is 7.01. The highest BCUT2D eigenvalue weighted by Gasteiger charge is 2.07. The molecule has 1 atom stereocenters. The summed E-state index contributed by atoms with van der Waals surface area (Å²) in [5, 5.41) is 14.1. The molecule has 2 rings (SSSR count). The molecule has 2 aromatic rings.